The van der Waals surface area contributed by atoms with E-state index in [1.807, 2.05) is 12.3 Å². The molecule has 1 nitrogen and oxygen atoms in total. The fourth-order valence-electron chi connectivity index (χ4n) is 3.86. The van der Waals surface area contributed by atoms with Gasteiger partial charge in [0, 0.05) is 29.1 Å². The summed E-state index contributed by atoms with van der Waals surface area (Å²) in [7, 11) is 0. The molecule has 0 bridgehead atoms. The maximum atomic E-state index is 4.69. The maximum absolute atomic E-state index is 4.69. The largest absolute Gasteiger partial charge is 0.288 e. The number of halogens is 2. The predicted molar refractivity (Wildman–Crippen MR) is 124 cm³/mol. The summed E-state index contributed by atoms with van der Waals surface area (Å²) in [5, 5.41) is 3.78. The van der Waals surface area contributed by atoms with Crippen LogP contribution in [-0.4, -0.2) is 4.98 Å². The second-order valence-electron chi connectivity index (χ2n) is 6.67. The van der Waals surface area contributed by atoms with Gasteiger partial charge in [-0.15, -0.1) is 43.0 Å². The summed E-state index contributed by atoms with van der Waals surface area (Å²) in [6, 6.07) is 32.3. The van der Waals surface area contributed by atoms with Crippen LogP contribution in [0.3, 0.4) is 0 Å². The Morgan fingerprint density at radius 3 is 2.21 bits per heavy atom. The van der Waals surface area contributed by atoms with Crippen LogP contribution >= 0.6 is 24.8 Å². The van der Waals surface area contributed by atoms with Gasteiger partial charge < -0.3 is 0 Å². The monoisotopic (exact) mass is 456 g/mol. The van der Waals surface area contributed by atoms with Crippen LogP contribution in [0.25, 0.3) is 32.8 Å². The van der Waals surface area contributed by atoms with Crippen LogP contribution < -0.4 is 0 Å². The molecule has 0 aliphatic rings. The van der Waals surface area contributed by atoms with Crippen LogP contribution in [0.5, 0.6) is 0 Å². The Morgan fingerprint density at radius 2 is 1.38 bits per heavy atom. The van der Waals surface area contributed by atoms with Gasteiger partial charge in [0.05, 0.1) is 0 Å². The molecule has 0 N–H and O–H groups in total. The first-order chi connectivity index (χ1) is 12.9. The van der Waals surface area contributed by atoms with Crippen LogP contribution in [0.15, 0.2) is 97.2 Å². The van der Waals surface area contributed by atoms with Gasteiger partial charge in [-0.1, -0.05) is 94.2 Å². The normalized spacial score (nSPS) is 10.1. The number of hydrogen-bond acceptors (Lipinski definition) is 1. The summed E-state index contributed by atoms with van der Waals surface area (Å²) in [5.74, 6) is 0. The molecule has 1 heterocycles. The van der Waals surface area contributed by atoms with E-state index in [1.54, 1.807) is 0 Å². The minimum atomic E-state index is 0. The maximum Gasteiger partial charge on any atom is 0.0237 e. The van der Waals surface area contributed by atoms with Crippen molar-refractivity contribution in [3.05, 3.63) is 108 Å². The van der Waals surface area contributed by atoms with Gasteiger partial charge >= 0.3 is 0 Å². The molecular formula is C25H20Cl2CrN-. The van der Waals surface area contributed by atoms with E-state index in [1.165, 1.54) is 38.4 Å². The van der Waals surface area contributed by atoms with Gasteiger partial charge in [0.15, 0.2) is 0 Å². The van der Waals surface area contributed by atoms with E-state index < -0.39 is 0 Å². The quantitative estimate of drug-likeness (QED) is 0.261. The molecule has 29 heavy (non-hydrogen) atoms. The fourth-order valence-corrected chi connectivity index (χ4v) is 3.86. The molecule has 0 aliphatic heterocycles. The average molecular weight is 457 g/mol. The van der Waals surface area contributed by atoms with Crippen molar-refractivity contribution in [3.8, 4) is 11.1 Å². The summed E-state index contributed by atoms with van der Waals surface area (Å²) >= 11 is 0. The second-order valence-corrected chi connectivity index (χ2v) is 6.67. The second kappa shape index (κ2) is 10.0. The molecule has 0 fully saturated rings. The smallest absolute Gasteiger partial charge is 0.0237 e. The van der Waals surface area contributed by atoms with Crippen molar-refractivity contribution in [3.63, 3.8) is 0 Å². The Bertz CT molecular complexity index is 1210. The number of rotatable bonds is 3. The van der Waals surface area contributed by atoms with Crippen LogP contribution in [0, 0.1) is 0 Å². The molecule has 0 radical (unpaired) electrons. The molecule has 4 aromatic carbocycles. The molecule has 0 unspecified atom stereocenters. The SMILES string of the molecule is Cl.Cl.[Cr].c1ccc(Cc2cc3ccccc3[c-]2-c2cccc3cccnc23)cc1. The van der Waals surface area contributed by atoms with Crippen LogP contribution in [0.1, 0.15) is 11.1 Å². The van der Waals surface area contributed by atoms with Crippen molar-refractivity contribution in [2.24, 2.45) is 0 Å². The van der Waals surface area contributed by atoms with Crippen molar-refractivity contribution in [2.75, 3.05) is 0 Å². The molecule has 4 heteroatoms. The van der Waals surface area contributed by atoms with Gasteiger partial charge in [0.1, 0.15) is 0 Å². The minimum absolute atomic E-state index is 0. The molecular weight excluding hydrogens is 437 g/mol. The van der Waals surface area contributed by atoms with E-state index in [0.717, 1.165) is 11.9 Å². The summed E-state index contributed by atoms with van der Waals surface area (Å²) in [6.07, 6.45) is 2.81. The number of benzene rings is 3. The molecule has 0 aliphatic carbocycles. The molecule has 5 rings (SSSR count). The molecule has 0 saturated heterocycles. The third kappa shape index (κ3) is 4.37. The number of nitrogens with zero attached hydrogens (tertiary/aromatic N) is 1. The summed E-state index contributed by atoms with van der Waals surface area (Å²) in [4.78, 5) is 4.69. The Hall–Kier alpha value is -2.21. The summed E-state index contributed by atoms with van der Waals surface area (Å²) < 4.78 is 0. The minimum Gasteiger partial charge on any atom is -0.288 e. The van der Waals surface area contributed by atoms with Crippen molar-refractivity contribution in [1.29, 1.82) is 0 Å². The molecule has 146 valence electrons. The van der Waals surface area contributed by atoms with Crippen LogP contribution in [-0.2, 0) is 23.8 Å². The van der Waals surface area contributed by atoms with Gasteiger partial charge in [-0.05, 0) is 23.4 Å². The van der Waals surface area contributed by atoms with E-state index in [9.17, 15) is 0 Å². The summed E-state index contributed by atoms with van der Waals surface area (Å²) in [5.41, 5.74) is 6.29. The first-order valence-corrected chi connectivity index (χ1v) is 8.95. The van der Waals surface area contributed by atoms with Crippen molar-refractivity contribution in [2.45, 2.75) is 6.42 Å². The zero-order valence-corrected chi connectivity index (χ0v) is 18.5. The number of hydrogen-bond donors (Lipinski definition) is 0. The Labute approximate surface area is 194 Å². The summed E-state index contributed by atoms with van der Waals surface area (Å²) in [6.45, 7) is 0. The van der Waals surface area contributed by atoms with Crippen molar-refractivity contribution >= 4 is 46.5 Å². The van der Waals surface area contributed by atoms with Gasteiger partial charge in [0.25, 0.3) is 0 Å². The molecule has 0 amide bonds. The number of aromatic nitrogens is 1. The Balaban J connectivity index is 0.000001000. The Morgan fingerprint density at radius 1 is 0.690 bits per heavy atom. The van der Waals surface area contributed by atoms with Crippen molar-refractivity contribution in [1.82, 2.24) is 4.98 Å². The zero-order chi connectivity index (χ0) is 17.3. The molecule has 0 spiro atoms. The third-order valence-electron chi connectivity index (χ3n) is 5.02. The topological polar surface area (TPSA) is 12.9 Å². The van der Waals surface area contributed by atoms with Crippen LogP contribution in [0.2, 0.25) is 0 Å². The average Bonchev–Trinajstić information content (AvgIpc) is 3.06. The van der Waals surface area contributed by atoms with E-state index in [-0.39, 0.29) is 42.2 Å². The van der Waals surface area contributed by atoms with E-state index >= 15 is 0 Å². The van der Waals surface area contributed by atoms with Gasteiger partial charge in [-0.2, -0.15) is 0 Å². The Kier molecular flexibility index (Phi) is 7.97. The fraction of sp³-hybridized carbons (Fsp3) is 0.0400. The van der Waals surface area contributed by atoms with E-state index in [0.29, 0.717) is 0 Å². The molecule has 0 saturated carbocycles. The van der Waals surface area contributed by atoms with Gasteiger partial charge in [0.2, 0.25) is 0 Å². The van der Waals surface area contributed by atoms with Crippen LogP contribution in [0.4, 0.5) is 0 Å². The van der Waals surface area contributed by atoms with E-state index in [4.69, 9.17) is 4.98 Å². The number of pyridine rings is 1. The van der Waals surface area contributed by atoms with E-state index in [2.05, 4.69) is 84.9 Å². The third-order valence-corrected chi connectivity index (χ3v) is 5.02. The first-order valence-electron chi connectivity index (χ1n) is 8.95. The van der Waals surface area contributed by atoms with Gasteiger partial charge in [-0.3, -0.25) is 4.98 Å². The predicted octanol–water partition coefficient (Wildman–Crippen LogP) is 7.21. The standard InChI is InChI=1S/C25H18N.2ClH.Cr/c1-2-8-18(9-3-1)16-21-17-20-10-4-5-13-22(20)24(21)23-14-6-11-19-12-7-15-26-25(19)23;;;/h1-15,17H,16H2;2*1H;/q-1;;;. The number of fused-ring (bicyclic) bond motifs is 2. The first kappa shape index (κ1) is 23.1. The number of para-hydroxylation sites is 1. The zero-order valence-electron chi connectivity index (χ0n) is 15.6. The molecule has 0 atom stereocenters. The van der Waals surface area contributed by atoms with Crippen molar-refractivity contribution < 1.29 is 17.4 Å². The molecule has 5 aromatic rings. The molecule has 1 aromatic heterocycles. The van der Waals surface area contributed by atoms with Gasteiger partial charge in [-0.25, -0.2) is 0 Å².